The fourth-order valence-electron chi connectivity index (χ4n) is 5.81. The predicted octanol–water partition coefficient (Wildman–Crippen LogP) is 6.97. The highest BCUT2D eigenvalue weighted by molar-refractivity contribution is 7.38. The second-order valence-corrected chi connectivity index (χ2v) is 14.4. The molecule has 0 saturated carbocycles. The van der Waals surface area contributed by atoms with Crippen LogP contribution in [0, 0.1) is 12.3 Å². The Bertz CT molecular complexity index is 1470. The van der Waals surface area contributed by atoms with E-state index in [1.807, 2.05) is 28.9 Å². The number of fused-ring (bicyclic) bond motifs is 1. The Morgan fingerprint density at radius 2 is 1.75 bits per heavy atom. The lowest BCUT2D eigenvalue weighted by atomic mass is 9.96. The Morgan fingerprint density at radius 3 is 2.44 bits per heavy atom. The van der Waals surface area contributed by atoms with Gasteiger partial charge < -0.3 is 28.6 Å². The average molecular weight is 722 g/mol. The molecule has 0 N–H and O–H groups in total. The molecule has 262 valence electrons. The summed E-state index contributed by atoms with van der Waals surface area (Å²) >= 11 is 13.1. The molecule has 1 aromatic carbocycles. The second-order valence-electron chi connectivity index (χ2n) is 12.1. The number of anilines is 1. The molecule has 1 aliphatic rings. The van der Waals surface area contributed by atoms with Crippen molar-refractivity contribution in [3.8, 4) is 12.3 Å². The maximum Gasteiger partial charge on any atom is 0.226 e. The SMILES string of the molecule is C#CCOCCOCCOCCOCCN(Cc1ccccc1Cl)c1nc(Cl)nc2c1cnn2C1CCC(CC[C@@](C)(CCC)[PH+]=C)O1. The van der Waals surface area contributed by atoms with Gasteiger partial charge in [0.2, 0.25) is 5.28 Å². The fourth-order valence-corrected chi connectivity index (χ4v) is 6.91. The first-order chi connectivity index (χ1) is 23.4. The number of benzene rings is 1. The summed E-state index contributed by atoms with van der Waals surface area (Å²) in [5.74, 6) is 3.09. The van der Waals surface area contributed by atoms with Crippen LogP contribution in [-0.4, -0.2) is 96.7 Å². The van der Waals surface area contributed by atoms with E-state index >= 15 is 0 Å². The monoisotopic (exact) mass is 720 g/mol. The van der Waals surface area contributed by atoms with Crippen LogP contribution in [0.2, 0.25) is 10.3 Å². The second kappa shape index (κ2) is 20.4. The molecule has 10 nitrogen and oxygen atoms in total. The number of rotatable bonds is 23. The van der Waals surface area contributed by atoms with Gasteiger partial charge in [-0.15, -0.1) is 6.42 Å². The van der Waals surface area contributed by atoms with Gasteiger partial charge in [0.25, 0.3) is 0 Å². The number of ether oxygens (including phenoxy) is 5. The Kier molecular flexibility index (Phi) is 16.3. The lowest BCUT2D eigenvalue weighted by Gasteiger charge is -2.25. The van der Waals surface area contributed by atoms with E-state index in [-0.39, 0.29) is 22.8 Å². The summed E-state index contributed by atoms with van der Waals surface area (Å²) < 4.78 is 30.6. The third-order valence-electron chi connectivity index (χ3n) is 8.44. The van der Waals surface area contributed by atoms with Crippen LogP contribution < -0.4 is 4.90 Å². The fraction of sp³-hybridized carbons (Fsp3) is 0.600. The molecule has 0 amide bonds. The van der Waals surface area contributed by atoms with Gasteiger partial charge in [-0.05, 0) is 62.3 Å². The number of hydrogen-bond donors (Lipinski definition) is 0. The highest BCUT2D eigenvalue weighted by atomic mass is 35.5. The van der Waals surface area contributed by atoms with Gasteiger partial charge in [0.1, 0.15) is 17.6 Å². The summed E-state index contributed by atoms with van der Waals surface area (Å²) in [4.78, 5) is 11.4. The summed E-state index contributed by atoms with van der Waals surface area (Å²) in [6.45, 7) is 9.14. The molecule has 4 atom stereocenters. The molecule has 1 aliphatic heterocycles. The normalized spacial score (nSPS) is 17.6. The molecule has 0 radical (unpaired) electrons. The largest absolute Gasteiger partial charge is 0.377 e. The maximum atomic E-state index is 6.58. The quantitative estimate of drug-likeness (QED) is 0.0446. The summed E-state index contributed by atoms with van der Waals surface area (Å²) in [5.41, 5.74) is 1.61. The molecule has 3 unspecified atom stereocenters. The molecule has 48 heavy (non-hydrogen) atoms. The molecule has 1 fully saturated rings. The minimum absolute atomic E-state index is 0.142. The van der Waals surface area contributed by atoms with E-state index in [0.29, 0.717) is 90.6 Å². The summed E-state index contributed by atoms with van der Waals surface area (Å²) in [6, 6.07) is 7.77. The molecule has 2 aromatic heterocycles. The molecular weight excluding hydrogens is 672 g/mol. The topological polar surface area (TPSA) is 93.0 Å². The van der Waals surface area contributed by atoms with E-state index < -0.39 is 0 Å². The van der Waals surface area contributed by atoms with Crippen LogP contribution in [0.4, 0.5) is 5.82 Å². The number of halogens is 2. The van der Waals surface area contributed by atoms with E-state index in [1.54, 1.807) is 6.20 Å². The molecule has 4 rings (SSSR count). The van der Waals surface area contributed by atoms with E-state index in [1.165, 1.54) is 12.8 Å². The molecule has 3 heterocycles. The summed E-state index contributed by atoms with van der Waals surface area (Å²) in [5, 5.41) is 6.63. The van der Waals surface area contributed by atoms with Crippen LogP contribution in [0.1, 0.15) is 64.2 Å². The minimum Gasteiger partial charge on any atom is -0.377 e. The standard InChI is InChI=1S/C35H48Cl2N5O5P/c1-5-14-35(3,48-4)15-13-28-11-12-31(47-28)42-33-29(25-38-42)32(39-34(37)40-33)41(26-27-9-7-8-10-30(27)36)16-18-44-20-22-46-24-23-45-21-19-43-17-6-2/h2,7-10,25,28,31H,4-5,11-24,26H2,1,3H3/p+1/t28?,31?,35-/m1/s1. The van der Waals surface area contributed by atoms with E-state index in [9.17, 15) is 0 Å². The molecule has 3 aromatic rings. The van der Waals surface area contributed by atoms with Crippen molar-refractivity contribution in [1.82, 2.24) is 19.7 Å². The van der Waals surface area contributed by atoms with Crippen molar-refractivity contribution in [2.75, 3.05) is 64.3 Å². The Balaban J connectivity index is 1.38. The molecule has 0 aliphatic carbocycles. The zero-order valence-corrected chi connectivity index (χ0v) is 30.7. The third kappa shape index (κ3) is 11.6. The van der Waals surface area contributed by atoms with Crippen molar-refractivity contribution in [3.63, 3.8) is 0 Å². The smallest absolute Gasteiger partial charge is 0.226 e. The van der Waals surface area contributed by atoms with Gasteiger partial charge in [0.15, 0.2) is 11.9 Å². The zero-order chi connectivity index (χ0) is 34.2. The van der Waals surface area contributed by atoms with Crippen LogP contribution >= 0.6 is 31.4 Å². The highest BCUT2D eigenvalue weighted by Crippen LogP contribution is 2.38. The maximum absolute atomic E-state index is 6.58. The van der Waals surface area contributed by atoms with Crippen molar-refractivity contribution in [2.45, 2.75) is 76.4 Å². The van der Waals surface area contributed by atoms with Gasteiger partial charge in [-0.1, -0.05) is 49.1 Å². The molecular formula is C35H49Cl2N5O5P+. The van der Waals surface area contributed by atoms with Gasteiger partial charge in [0.05, 0.1) is 78.4 Å². The van der Waals surface area contributed by atoms with Gasteiger partial charge in [-0.25, -0.2) is 4.68 Å². The lowest BCUT2D eigenvalue weighted by Crippen LogP contribution is -2.29. The minimum atomic E-state index is -0.210. The van der Waals surface area contributed by atoms with Crippen molar-refractivity contribution < 1.29 is 23.7 Å². The van der Waals surface area contributed by atoms with Crippen LogP contribution in [0.3, 0.4) is 0 Å². The molecule has 0 spiro atoms. The Morgan fingerprint density at radius 1 is 1.04 bits per heavy atom. The average Bonchev–Trinajstić information content (AvgIpc) is 3.73. The van der Waals surface area contributed by atoms with E-state index in [0.717, 1.165) is 36.6 Å². The van der Waals surface area contributed by atoms with Crippen molar-refractivity contribution in [3.05, 3.63) is 46.3 Å². The first kappa shape index (κ1) is 38.5. The van der Waals surface area contributed by atoms with Gasteiger partial charge in [-0.3, -0.25) is 0 Å². The van der Waals surface area contributed by atoms with E-state index in [4.69, 9.17) is 58.4 Å². The predicted molar refractivity (Wildman–Crippen MR) is 196 cm³/mol. The van der Waals surface area contributed by atoms with Gasteiger partial charge in [0, 0.05) is 18.1 Å². The molecule has 13 heteroatoms. The Labute approximate surface area is 296 Å². The molecule has 0 bridgehead atoms. The number of terminal acetylenes is 1. The van der Waals surface area contributed by atoms with Crippen LogP contribution in [-0.2, 0) is 30.2 Å². The van der Waals surface area contributed by atoms with E-state index in [2.05, 4.69) is 40.9 Å². The third-order valence-corrected chi connectivity index (χ3v) is 10.3. The van der Waals surface area contributed by atoms with Crippen LogP contribution in [0.5, 0.6) is 0 Å². The van der Waals surface area contributed by atoms with Crippen molar-refractivity contribution in [2.24, 2.45) is 0 Å². The first-order valence-electron chi connectivity index (χ1n) is 16.7. The molecule has 1 saturated heterocycles. The van der Waals surface area contributed by atoms with Gasteiger partial charge >= 0.3 is 0 Å². The number of hydrogen-bond acceptors (Lipinski definition) is 9. The summed E-state index contributed by atoms with van der Waals surface area (Å²) in [6.07, 6.45) is 17.5. The number of nitrogens with zero attached hydrogens (tertiary/aromatic N) is 5. The lowest BCUT2D eigenvalue weighted by molar-refractivity contribution is -0.00789. The highest BCUT2D eigenvalue weighted by Gasteiger charge is 2.33. The Hall–Kier alpha value is -2.32. The van der Waals surface area contributed by atoms with Crippen LogP contribution in [0.25, 0.3) is 11.0 Å². The van der Waals surface area contributed by atoms with Crippen molar-refractivity contribution >= 4 is 54.6 Å². The first-order valence-corrected chi connectivity index (χ1v) is 18.7. The van der Waals surface area contributed by atoms with Crippen LogP contribution in [0.15, 0.2) is 30.5 Å². The van der Waals surface area contributed by atoms with Gasteiger partial charge in [-0.2, -0.15) is 15.1 Å². The number of aromatic nitrogens is 4. The summed E-state index contributed by atoms with van der Waals surface area (Å²) in [7, 11) is 0.676. The van der Waals surface area contributed by atoms with Crippen molar-refractivity contribution in [1.29, 1.82) is 0 Å². The zero-order valence-electron chi connectivity index (χ0n) is 28.2.